The van der Waals surface area contributed by atoms with Gasteiger partial charge in [-0.05, 0) is 24.3 Å². The van der Waals surface area contributed by atoms with E-state index < -0.39 is 0 Å². The van der Waals surface area contributed by atoms with Crippen LogP contribution in [0.1, 0.15) is 5.56 Å². The molecule has 0 amide bonds. The first-order valence-corrected chi connectivity index (χ1v) is 7.67. The van der Waals surface area contributed by atoms with Crippen LogP contribution >= 0.6 is 0 Å². The number of nitrogens with one attached hydrogen (secondary N) is 2. The van der Waals surface area contributed by atoms with E-state index in [1.807, 2.05) is 71.7 Å². The Labute approximate surface area is 139 Å². The molecule has 2 N–H and O–H groups in total. The molecule has 2 aromatic carbocycles. The third kappa shape index (κ3) is 3.03. The van der Waals surface area contributed by atoms with Crippen molar-refractivity contribution in [1.82, 2.24) is 25.0 Å². The fraction of sp³-hybridized carbons (Fsp3) is 0.0556. The van der Waals surface area contributed by atoms with Crippen LogP contribution in [0.25, 0.3) is 17.1 Å². The van der Waals surface area contributed by atoms with Crippen molar-refractivity contribution >= 4 is 5.69 Å². The van der Waals surface area contributed by atoms with E-state index in [2.05, 4.69) is 25.6 Å². The number of anilines is 1. The Balaban J connectivity index is 1.46. The van der Waals surface area contributed by atoms with Crippen molar-refractivity contribution in [2.75, 3.05) is 5.32 Å². The molecule has 0 bridgehead atoms. The zero-order valence-corrected chi connectivity index (χ0v) is 12.9. The third-order valence-electron chi connectivity index (χ3n) is 3.70. The number of nitrogens with zero attached hydrogens (tertiary/aromatic N) is 4. The maximum atomic E-state index is 4.41. The van der Waals surface area contributed by atoms with Crippen LogP contribution in [0, 0.1) is 0 Å². The summed E-state index contributed by atoms with van der Waals surface area (Å²) in [5, 5.41) is 14.6. The van der Waals surface area contributed by atoms with Crippen molar-refractivity contribution in [3.8, 4) is 17.1 Å². The van der Waals surface area contributed by atoms with Crippen LogP contribution in [-0.4, -0.2) is 25.0 Å². The van der Waals surface area contributed by atoms with Crippen LogP contribution in [-0.2, 0) is 6.54 Å². The number of rotatable bonds is 5. The molecular weight excluding hydrogens is 300 g/mol. The van der Waals surface area contributed by atoms with Crippen molar-refractivity contribution in [2.24, 2.45) is 0 Å². The lowest BCUT2D eigenvalue weighted by atomic mass is 10.2. The number of hydrogen-bond acceptors (Lipinski definition) is 4. The van der Waals surface area contributed by atoms with E-state index in [-0.39, 0.29) is 0 Å². The van der Waals surface area contributed by atoms with Crippen LogP contribution in [0.2, 0.25) is 0 Å². The summed E-state index contributed by atoms with van der Waals surface area (Å²) in [6, 6.07) is 18.1. The van der Waals surface area contributed by atoms with Gasteiger partial charge in [-0.25, -0.2) is 9.67 Å². The first-order valence-electron chi connectivity index (χ1n) is 7.67. The molecule has 0 radical (unpaired) electrons. The lowest BCUT2D eigenvalue weighted by Gasteiger charge is -2.06. The van der Waals surface area contributed by atoms with Gasteiger partial charge in [0.25, 0.3) is 0 Å². The molecule has 118 valence electrons. The molecule has 0 unspecified atom stereocenters. The third-order valence-corrected chi connectivity index (χ3v) is 3.70. The van der Waals surface area contributed by atoms with Crippen LogP contribution in [0.4, 0.5) is 5.69 Å². The number of para-hydroxylation sites is 1. The second kappa shape index (κ2) is 6.37. The first-order chi connectivity index (χ1) is 11.9. The van der Waals surface area contributed by atoms with Gasteiger partial charge in [0.1, 0.15) is 6.33 Å². The fourth-order valence-corrected chi connectivity index (χ4v) is 2.50. The fourth-order valence-electron chi connectivity index (χ4n) is 2.50. The summed E-state index contributed by atoms with van der Waals surface area (Å²) < 4.78 is 1.88. The van der Waals surface area contributed by atoms with Crippen molar-refractivity contribution in [3.05, 3.63) is 78.9 Å². The summed E-state index contributed by atoms with van der Waals surface area (Å²) in [6.07, 6.45) is 5.41. The zero-order valence-electron chi connectivity index (χ0n) is 12.9. The van der Waals surface area contributed by atoms with Gasteiger partial charge in [-0.2, -0.15) is 10.2 Å². The Morgan fingerprint density at radius 2 is 1.96 bits per heavy atom. The largest absolute Gasteiger partial charge is 0.381 e. The number of H-pyrrole nitrogens is 1. The highest BCUT2D eigenvalue weighted by Crippen LogP contribution is 2.19. The van der Waals surface area contributed by atoms with Gasteiger partial charge in [0.2, 0.25) is 0 Å². The molecular formula is C18H16N6. The minimum absolute atomic E-state index is 0.701. The monoisotopic (exact) mass is 316 g/mol. The van der Waals surface area contributed by atoms with Crippen LogP contribution in [0.3, 0.4) is 0 Å². The molecule has 24 heavy (non-hydrogen) atoms. The first kappa shape index (κ1) is 14.2. The van der Waals surface area contributed by atoms with Gasteiger partial charge in [0.15, 0.2) is 5.82 Å². The molecule has 6 nitrogen and oxygen atoms in total. The SMILES string of the molecule is c1ccc(-n2cc(CNc3cccc(-c4ncn[nH]4)c3)cn2)cc1. The van der Waals surface area contributed by atoms with Crippen molar-refractivity contribution in [2.45, 2.75) is 6.54 Å². The smallest absolute Gasteiger partial charge is 0.155 e. The summed E-state index contributed by atoms with van der Waals surface area (Å²) in [5.41, 5.74) is 4.19. The van der Waals surface area contributed by atoms with Gasteiger partial charge in [-0.3, -0.25) is 5.10 Å². The number of benzene rings is 2. The van der Waals surface area contributed by atoms with Gasteiger partial charge in [0.05, 0.1) is 11.9 Å². The maximum Gasteiger partial charge on any atom is 0.155 e. The molecule has 4 rings (SSSR count). The average Bonchev–Trinajstić information content (AvgIpc) is 3.33. The van der Waals surface area contributed by atoms with Crippen LogP contribution < -0.4 is 5.32 Å². The minimum atomic E-state index is 0.701. The predicted octanol–water partition coefficient (Wildman–Crippen LogP) is 3.27. The molecule has 4 aromatic rings. The number of hydrogen-bond donors (Lipinski definition) is 2. The molecule has 2 heterocycles. The summed E-state index contributed by atoms with van der Waals surface area (Å²) in [5.74, 6) is 0.760. The minimum Gasteiger partial charge on any atom is -0.381 e. The van der Waals surface area contributed by atoms with E-state index in [0.29, 0.717) is 6.54 Å². The molecule has 0 fully saturated rings. The van der Waals surface area contributed by atoms with E-state index >= 15 is 0 Å². The normalized spacial score (nSPS) is 10.7. The van der Waals surface area contributed by atoms with Crippen LogP contribution in [0.5, 0.6) is 0 Å². The Kier molecular flexibility index (Phi) is 3.77. The second-order valence-electron chi connectivity index (χ2n) is 5.40. The maximum absolute atomic E-state index is 4.41. The van der Waals surface area contributed by atoms with E-state index in [4.69, 9.17) is 0 Å². The summed E-state index contributed by atoms with van der Waals surface area (Å²) >= 11 is 0. The molecule has 0 aliphatic heterocycles. The summed E-state index contributed by atoms with van der Waals surface area (Å²) in [6.45, 7) is 0.701. The summed E-state index contributed by atoms with van der Waals surface area (Å²) in [4.78, 5) is 4.18. The van der Waals surface area contributed by atoms with Gasteiger partial charge < -0.3 is 5.32 Å². The molecule has 2 aromatic heterocycles. The van der Waals surface area contributed by atoms with Gasteiger partial charge >= 0.3 is 0 Å². The topological polar surface area (TPSA) is 71.4 Å². The molecule has 0 saturated heterocycles. The van der Waals surface area contributed by atoms with Crippen molar-refractivity contribution < 1.29 is 0 Å². The van der Waals surface area contributed by atoms with Gasteiger partial charge in [0, 0.05) is 29.6 Å². The second-order valence-corrected chi connectivity index (χ2v) is 5.40. The molecule has 0 aliphatic carbocycles. The van der Waals surface area contributed by atoms with Gasteiger partial charge in [-0.1, -0.05) is 30.3 Å². The Morgan fingerprint density at radius 3 is 2.79 bits per heavy atom. The standard InChI is InChI=1S/C18H16N6/c1-2-7-17(8-3-1)24-12-14(11-22-24)10-19-16-6-4-5-15(9-16)18-20-13-21-23-18/h1-9,11-13,19H,10H2,(H,20,21,23). The zero-order chi connectivity index (χ0) is 16.2. The highest BCUT2D eigenvalue weighted by Gasteiger charge is 2.03. The van der Waals surface area contributed by atoms with E-state index in [0.717, 1.165) is 28.3 Å². The highest BCUT2D eigenvalue weighted by atomic mass is 15.3. The predicted molar refractivity (Wildman–Crippen MR) is 92.7 cm³/mol. The Hall–Kier alpha value is -3.41. The Bertz CT molecular complexity index is 912. The van der Waals surface area contributed by atoms with Crippen LogP contribution in [0.15, 0.2) is 73.3 Å². The van der Waals surface area contributed by atoms with Gasteiger partial charge in [-0.15, -0.1) is 0 Å². The summed E-state index contributed by atoms with van der Waals surface area (Å²) in [7, 11) is 0. The Morgan fingerprint density at radius 1 is 1.04 bits per heavy atom. The highest BCUT2D eigenvalue weighted by molar-refractivity contribution is 5.62. The quantitative estimate of drug-likeness (QED) is 0.593. The molecule has 0 saturated carbocycles. The average molecular weight is 316 g/mol. The van der Waals surface area contributed by atoms with E-state index in [9.17, 15) is 0 Å². The molecule has 0 aliphatic rings. The molecule has 0 spiro atoms. The van der Waals surface area contributed by atoms with Crippen molar-refractivity contribution in [3.63, 3.8) is 0 Å². The molecule has 6 heteroatoms. The van der Waals surface area contributed by atoms with E-state index in [1.165, 1.54) is 6.33 Å². The van der Waals surface area contributed by atoms with E-state index in [1.54, 1.807) is 0 Å². The van der Waals surface area contributed by atoms with Crippen molar-refractivity contribution in [1.29, 1.82) is 0 Å². The molecule has 0 atom stereocenters. The number of aromatic amines is 1. The number of aromatic nitrogens is 5. The lowest BCUT2D eigenvalue weighted by molar-refractivity contribution is 0.880. The lowest BCUT2D eigenvalue weighted by Crippen LogP contribution is -1.99.